The number of rotatable bonds is 6. The summed E-state index contributed by atoms with van der Waals surface area (Å²) >= 11 is 7.51. The summed E-state index contributed by atoms with van der Waals surface area (Å²) in [6.07, 6.45) is 1.16. The molecule has 0 spiro atoms. The quantitative estimate of drug-likeness (QED) is 0.528. The van der Waals surface area contributed by atoms with E-state index in [2.05, 4.69) is 22.3 Å². The molecule has 1 aromatic heterocycles. The number of halogens is 1. The number of nitrogens with zero attached hydrogens (tertiary/aromatic N) is 2. The topological polar surface area (TPSA) is 73.1 Å². The summed E-state index contributed by atoms with van der Waals surface area (Å²) in [5, 5.41) is 9.45. The number of hydrogen-bond donors (Lipinski definition) is 0. The molecular weight excluding hydrogens is 416 g/mol. The van der Waals surface area contributed by atoms with E-state index >= 15 is 0 Å². The van der Waals surface area contributed by atoms with Gasteiger partial charge in [0.2, 0.25) is 5.89 Å². The Hall–Kier alpha value is -1.83. The molecule has 0 amide bonds. The number of aromatic nitrogens is 2. The summed E-state index contributed by atoms with van der Waals surface area (Å²) in [7, 11) is -2.91. The van der Waals surface area contributed by atoms with Gasteiger partial charge in [-0.05, 0) is 35.6 Å². The first-order valence-corrected chi connectivity index (χ1v) is 12.1. The molecule has 3 aromatic rings. The minimum Gasteiger partial charge on any atom is -0.416 e. The summed E-state index contributed by atoms with van der Waals surface area (Å²) in [6, 6.07) is 17.8. The molecule has 0 aliphatic carbocycles. The van der Waals surface area contributed by atoms with Crippen LogP contribution in [0.25, 0.3) is 0 Å². The SMILES string of the molecule is O=S1(=O)CCC(Cc2nnc(SC(c3ccccc3)c3ccc(Cl)cc3)o2)C1. The van der Waals surface area contributed by atoms with E-state index in [0.29, 0.717) is 29.0 Å². The molecule has 2 aromatic carbocycles. The fourth-order valence-electron chi connectivity index (χ4n) is 3.34. The summed E-state index contributed by atoms with van der Waals surface area (Å²) in [5.74, 6) is 1.01. The molecule has 1 aliphatic rings. The number of sulfone groups is 1. The maximum Gasteiger partial charge on any atom is 0.277 e. The first kappa shape index (κ1) is 19.5. The average molecular weight is 435 g/mol. The third kappa shape index (κ3) is 4.77. The van der Waals surface area contributed by atoms with Gasteiger partial charge in [0.25, 0.3) is 5.22 Å². The number of hydrogen-bond acceptors (Lipinski definition) is 6. The molecule has 2 unspecified atom stereocenters. The molecule has 2 heterocycles. The highest BCUT2D eigenvalue weighted by molar-refractivity contribution is 7.99. The maximum absolute atomic E-state index is 11.6. The Morgan fingerprint density at radius 1 is 1.07 bits per heavy atom. The van der Waals surface area contributed by atoms with Gasteiger partial charge in [-0.3, -0.25) is 0 Å². The normalized spacial score (nSPS) is 19.5. The van der Waals surface area contributed by atoms with Crippen molar-refractivity contribution in [2.24, 2.45) is 5.92 Å². The molecule has 1 saturated heterocycles. The van der Waals surface area contributed by atoms with Gasteiger partial charge >= 0.3 is 0 Å². The van der Waals surface area contributed by atoms with Crippen molar-refractivity contribution in [2.75, 3.05) is 11.5 Å². The van der Waals surface area contributed by atoms with Crippen LogP contribution in [0.1, 0.15) is 28.7 Å². The van der Waals surface area contributed by atoms with Crippen LogP contribution in [0.5, 0.6) is 0 Å². The van der Waals surface area contributed by atoms with Gasteiger partial charge < -0.3 is 4.42 Å². The summed E-state index contributed by atoms with van der Waals surface area (Å²) in [6.45, 7) is 0. The minimum absolute atomic E-state index is 0.0152. The molecule has 5 nitrogen and oxygen atoms in total. The van der Waals surface area contributed by atoms with Crippen molar-refractivity contribution in [3.8, 4) is 0 Å². The molecular formula is C20H19ClN2O3S2. The Labute approximate surface area is 173 Å². The molecule has 28 heavy (non-hydrogen) atoms. The van der Waals surface area contributed by atoms with Gasteiger partial charge in [0.1, 0.15) is 0 Å². The molecule has 2 atom stereocenters. The van der Waals surface area contributed by atoms with Crippen molar-refractivity contribution in [1.29, 1.82) is 0 Å². The second kappa shape index (κ2) is 8.27. The minimum atomic E-state index is -2.91. The lowest BCUT2D eigenvalue weighted by molar-refractivity contribution is 0.389. The molecule has 4 rings (SSSR count). The van der Waals surface area contributed by atoms with Crippen LogP contribution in [-0.2, 0) is 16.3 Å². The standard InChI is InChI=1S/C20H19ClN2O3S2/c21-17-8-6-16(7-9-17)19(15-4-2-1-3-5-15)27-20-23-22-18(26-20)12-14-10-11-28(24,25)13-14/h1-9,14,19H,10-13H2. The zero-order valence-electron chi connectivity index (χ0n) is 15.0. The van der Waals surface area contributed by atoms with E-state index in [9.17, 15) is 8.42 Å². The second-order valence-corrected chi connectivity index (χ2v) is 10.6. The lowest BCUT2D eigenvalue weighted by atomic mass is 10.0. The van der Waals surface area contributed by atoms with E-state index in [1.54, 1.807) is 0 Å². The van der Waals surface area contributed by atoms with Crippen molar-refractivity contribution in [3.63, 3.8) is 0 Å². The zero-order valence-corrected chi connectivity index (χ0v) is 17.4. The van der Waals surface area contributed by atoms with Crippen molar-refractivity contribution in [3.05, 3.63) is 76.6 Å². The van der Waals surface area contributed by atoms with Crippen molar-refractivity contribution >= 4 is 33.2 Å². The van der Waals surface area contributed by atoms with Crippen LogP contribution in [0.15, 0.2) is 64.2 Å². The molecule has 146 valence electrons. The predicted octanol–water partition coefficient (Wildman–Crippen LogP) is 4.58. The third-order valence-electron chi connectivity index (χ3n) is 4.73. The lowest BCUT2D eigenvalue weighted by Gasteiger charge is -2.15. The van der Waals surface area contributed by atoms with Gasteiger partial charge in [-0.1, -0.05) is 65.8 Å². The third-order valence-corrected chi connectivity index (χ3v) is 7.97. The Kier molecular flexibility index (Phi) is 5.75. The van der Waals surface area contributed by atoms with E-state index < -0.39 is 9.84 Å². The Bertz CT molecular complexity index is 1040. The fourth-order valence-corrected chi connectivity index (χ4v) is 6.35. The Morgan fingerprint density at radius 3 is 2.46 bits per heavy atom. The molecule has 1 fully saturated rings. The largest absolute Gasteiger partial charge is 0.416 e. The highest BCUT2D eigenvalue weighted by Gasteiger charge is 2.29. The number of thioether (sulfide) groups is 1. The zero-order chi connectivity index (χ0) is 19.6. The van der Waals surface area contributed by atoms with Gasteiger partial charge in [0.05, 0.1) is 16.8 Å². The first-order valence-electron chi connectivity index (χ1n) is 8.98. The van der Waals surface area contributed by atoms with Crippen LogP contribution < -0.4 is 0 Å². The second-order valence-electron chi connectivity index (χ2n) is 6.90. The van der Waals surface area contributed by atoms with Gasteiger partial charge in [-0.25, -0.2) is 8.42 Å². The van der Waals surface area contributed by atoms with E-state index in [-0.39, 0.29) is 22.7 Å². The molecule has 8 heteroatoms. The molecule has 0 bridgehead atoms. The van der Waals surface area contributed by atoms with Gasteiger partial charge in [0.15, 0.2) is 9.84 Å². The van der Waals surface area contributed by atoms with Crippen LogP contribution in [0.2, 0.25) is 5.02 Å². The maximum atomic E-state index is 11.6. The van der Waals surface area contributed by atoms with Gasteiger partial charge in [0, 0.05) is 11.4 Å². The monoisotopic (exact) mass is 434 g/mol. The van der Waals surface area contributed by atoms with E-state index in [1.807, 2.05) is 42.5 Å². The lowest BCUT2D eigenvalue weighted by Crippen LogP contribution is -2.07. The van der Waals surface area contributed by atoms with E-state index in [0.717, 1.165) is 11.1 Å². The highest BCUT2D eigenvalue weighted by atomic mass is 35.5. The van der Waals surface area contributed by atoms with Crippen LogP contribution in [0.3, 0.4) is 0 Å². The highest BCUT2D eigenvalue weighted by Crippen LogP contribution is 2.40. The number of benzene rings is 2. The average Bonchev–Trinajstić information content (AvgIpc) is 3.27. The van der Waals surface area contributed by atoms with Crippen LogP contribution >= 0.6 is 23.4 Å². The summed E-state index contributed by atoms with van der Waals surface area (Å²) < 4.78 is 29.1. The first-order chi connectivity index (χ1) is 13.5. The Morgan fingerprint density at radius 2 is 1.79 bits per heavy atom. The smallest absolute Gasteiger partial charge is 0.277 e. The van der Waals surface area contributed by atoms with E-state index in [1.165, 1.54) is 11.8 Å². The molecule has 0 saturated carbocycles. The van der Waals surface area contributed by atoms with Crippen LogP contribution in [0.4, 0.5) is 0 Å². The van der Waals surface area contributed by atoms with E-state index in [4.69, 9.17) is 16.0 Å². The summed E-state index contributed by atoms with van der Waals surface area (Å²) in [4.78, 5) is 0. The molecule has 0 radical (unpaired) electrons. The van der Waals surface area contributed by atoms with Gasteiger partial charge in [-0.2, -0.15) is 0 Å². The van der Waals surface area contributed by atoms with Crippen molar-refractivity contribution in [1.82, 2.24) is 10.2 Å². The fraction of sp³-hybridized carbons (Fsp3) is 0.300. The summed E-state index contributed by atoms with van der Waals surface area (Å²) in [5.41, 5.74) is 2.21. The van der Waals surface area contributed by atoms with Crippen molar-refractivity contribution < 1.29 is 12.8 Å². The molecule has 0 N–H and O–H groups in total. The van der Waals surface area contributed by atoms with Crippen LogP contribution in [0, 0.1) is 5.92 Å². The van der Waals surface area contributed by atoms with Crippen molar-refractivity contribution in [2.45, 2.75) is 23.3 Å². The Balaban J connectivity index is 1.53. The van der Waals surface area contributed by atoms with Crippen LogP contribution in [-0.4, -0.2) is 30.1 Å². The molecule has 1 aliphatic heterocycles. The van der Waals surface area contributed by atoms with Gasteiger partial charge in [-0.15, -0.1) is 10.2 Å². The predicted molar refractivity (Wildman–Crippen MR) is 110 cm³/mol.